The fourth-order valence-corrected chi connectivity index (χ4v) is 5.44. The summed E-state index contributed by atoms with van der Waals surface area (Å²) >= 11 is 0. The second-order valence-corrected chi connectivity index (χ2v) is 12.3. The molecule has 0 spiro atoms. The van der Waals surface area contributed by atoms with Gasteiger partial charge in [0.2, 0.25) is 0 Å². The van der Waals surface area contributed by atoms with Gasteiger partial charge in [0.15, 0.2) is 0 Å². The fraction of sp³-hybridized carbons (Fsp3) is 0.425. The van der Waals surface area contributed by atoms with E-state index in [-0.39, 0.29) is 11.5 Å². The molecule has 9 nitrogen and oxygen atoms in total. The van der Waals surface area contributed by atoms with E-state index in [1.165, 1.54) is 25.0 Å². The zero-order valence-electron chi connectivity index (χ0n) is 28.8. The molecule has 0 heterocycles. The molecule has 0 aliphatic heterocycles. The Kier molecular flexibility index (Phi) is 17.3. The topological polar surface area (TPSA) is 151 Å². The van der Waals surface area contributed by atoms with Crippen molar-refractivity contribution in [3.05, 3.63) is 89.0 Å². The summed E-state index contributed by atoms with van der Waals surface area (Å²) in [5.41, 5.74) is 14.7. The van der Waals surface area contributed by atoms with Crippen LogP contribution < -0.4 is 20.9 Å². The van der Waals surface area contributed by atoms with Crippen LogP contribution in [-0.4, -0.2) is 36.2 Å². The Hall–Kier alpha value is -4.79. The Morgan fingerprint density at radius 1 is 0.714 bits per heavy atom. The van der Waals surface area contributed by atoms with Gasteiger partial charge in [-0.05, 0) is 91.4 Å². The predicted molar refractivity (Wildman–Crippen MR) is 195 cm³/mol. The van der Waals surface area contributed by atoms with Crippen molar-refractivity contribution in [3.63, 3.8) is 0 Å². The number of unbranched alkanes of at least 4 members (excludes halogenated alkanes) is 11. The molecule has 0 aromatic heterocycles. The third kappa shape index (κ3) is 14.9. The molecule has 0 fully saturated rings. The fourth-order valence-electron chi connectivity index (χ4n) is 5.44. The molecule has 264 valence electrons. The van der Waals surface area contributed by atoms with E-state index < -0.39 is 11.9 Å². The van der Waals surface area contributed by atoms with Crippen LogP contribution in [0.25, 0.3) is 6.08 Å². The summed E-state index contributed by atoms with van der Waals surface area (Å²) in [4.78, 5) is 36.2. The summed E-state index contributed by atoms with van der Waals surface area (Å²) in [6, 6.07) is 17.0. The van der Waals surface area contributed by atoms with Gasteiger partial charge in [-0.2, -0.15) is 0 Å². The number of carbonyl (C=O) groups excluding carboxylic acids is 2. The van der Waals surface area contributed by atoms with Crippen molar-refractivity contribution in [1.82, 2.24) is 0 Å². The number of benzene rings is 3. The van der Waals surface area contributed by atoms with Gasteiger partial charge in [0.05, 0.1) is 24.3 Å². The minimum Gasteiger partial charge on any atom is -0.494 e. The third-order valence-corrected chi connectivity index (χ3v) is 8.21. The standard InChI is InChI=1S/C40H52N2O7/c1-2-3-4-13-26-47-33-21-23-34(24-22-33)49-38(43)25-18-30-16-19-31(20-17-30)40(46)48-27-14-11-9-7-5-6-8-10-12-15-35-36(39(44)45)28-32(41)29-37(35)42/h16-25,28-29H,2-15,26-27,41-42H2,1H3,(H,44,45)/b25-18+. The molecule has 3 rings (SSSR count). The van der Waals surface area contributed by atoms with Crippen LogP contribution in [-0.2, 0) is 16.0 Å². The molecule has 0 unspecified atom stereocenters. The van der Waals surface area contributed by atoms with Gasteiger partial charge in [-0.3, -0.25) is 0 Å². The number of hydrogen-bond donors (Lipinski definition) is 3. The largest absolute Gasteiger partial charge is 0.494 e. The maximum atomic E-state index is 12.4. The minimum absolute atomic E-state index is 0.197. The Morgan fingerprint density at radius 2 is 1.31 bits per heavy atom. The minimum atomic E-state index is -0.999. The average Bonchev–Trinajstić information content (AvgIpc) is 3.09. The molecule has 0 saturated carbocycles. The number of esters is 2. The molecular formula is C40H52N2O7. The zero-order chi connectivity index (χ0) is 35.3. The van der Waals surface area contributed by atoms with Crippen LogP contribution in [0.2, 0.25) is 0 Å². The lowest BCUT2D eigenvalue weighted by Crippen LogP contribution is -2.07. The van der Waals surface area contributed by atoms with Crippen LogP contribution in [0.4, 0.5) is 11.4 Å². The van der Waals surface area contributed by atoms with Crippen molar-refractivity contribution in [2.45, 2.75) is 96.8 Å². The predicted octanol–water partition coefficient (Wildman–Crippen LogP) is 9.04. The second kappa shape index (κ2) is 22.0. The Labute approximate surface area is 290 Å². The molecule has 5 N–H and O–H groups in total. The molecular weight excluding hydrogens is 620 g/mol. The first kappa shape index (κ1) is 38.7. The normalized spacial score (nSPS) is 11.0. The van der Waals surface area contributed by atoms with E-state index in [1.807, 2.05) is 0 Å². The summed E-state index contributed by atoms with van der Waals surface area (Å²) in [5.74, 6) is -0.665. The Bertz CT molecular complexity index is 1480. The number of aromatic carboxylic acids is 1. The van der Waals surface area contributed by atoms with Gasteiger partial charge >= 0.3 is 17.9 Å². The van der Waals surface area contributed by atoms with Gasteiger partial charge in [-0.15, -0.1) is 0 Å². The molecule has 9 heteroatoms. The molecule has 0 bridgehead atoms. The molecule has 3 aromatic rings. The van der Waals surface area contributed by atoms with E-state index in [9.17, 15) is 19.5 Å². The van der Waals surface area contributed by atoms with E-state index in [0.717, 1.165) is 81.9 Å². The summed E-state index contributed by atoms with van der Waals surface area (Å²) in [5, 5.41) is 9.42. The lowest BCUT2D eigenvalue weighted by atomic mass is 9.98. The number of carboxylic acid groups (broad SMARTS) is 1. The first-order chi connectivity index (χ1) is 23.8. The van der Waals surface area contributed by atoms with Crippen molar-refractivity contribution in [3.8, 4) is 11.5 Å². The molecule has 0 radical (unpaired) electrons. The van der Waals surface area contributed by atoms with Crippen molar-refractivity contribution in [1.29, 1.82) is 0 Å². The van der Waals surface area contributed by atoms with Gasteiger partial charge < -0.3 is 30.8 Å². The quantitative estimate of drug-likeness (QED) is 0.0295. The van der Waals surface area contributed by atoms with Crippen LogP contribution in [0.5, 0.6) is 11.5 Å². The second-order valence-electron chi connectivity index (χ2n) is 12.3. The highest BCUT2D eigenvalue weighted by molar-refractivity contribution is 5.93. The van der Waals surface area contributed by atoms with Crippen LogP contribution in [0, 0.1) is 0 Å². The average molecular weight is 673 g/mol. The summed E-state index contributed by atoms with van der Waals surface area (Å²) in [6.45, 7) is 3.23. The number of carbonyl (C=O) groups is 3. The maximum Gasteiger partial charge on any atom is 0.338 e. The molecule has 49 heavy (non-hydrogen) atoms. The monoisotopic (exact) mass is 672 g/mol. The lowest BCUT2D eigenvalue weighted by Gasteiger charge is -2.11. The lowest BCUT2D eigenvalue weighted by molar-refractivity contribution is -0.128. The smallest absolute Gasteiger partial charge is 0.338 e. The van der Waals surface area contributed by atoms with Crippen molar-refractivity contribution in [2.75, 3.05) is 24.7 Å². The van der Waals surface area contributed by atoms with Gasteiger partial charge in [0.25, 0.3) is 0 Å². The van der Waals surface area contributed by atoms with E-state index in [4.69, 9.17) is 25.7 Å². The summed E-state index contributed by atoms with van der Waals surface area (Å²) < 4.78 is 16.5. The highest BCUT2D eigenvalue weighted by Crippen LogP contribution is 2.24. The highest BCUT2D eigenvalue weighted by Gasteiger charge is 2.14. The number of anilines is 2. The van der Waals surface area contributed by atoms with E-state index >= 15 is 0 Å². The molecule has 0 amide bonds. The van der Waals surface area contributed by atoms with Crippen LogP contribution in [0.1, 0.15) is 122 Å². The molecule has 0 aliphatic rings. The summed E-state index contributed by atoms with van der Waals surface area (Å²) in [6.07, 6.45) is 17.5. The first-order valence-corrected chi connectivity index (χ1v) is 17.6. The number of nitrogens with two attached hydrogens (primary N) is 2. The van der Waals surface area contributed by atoms with Crippen LogP contribution >= 0.6 is 0 Å². The van der Waals surface area contributed by atoms with Crippen LogP contribution in [0.15, 0.2) is 66.7 Å². The van der Waals surface area contributed by atoms with Crippen molar-refractivity contribution >= 4 is 35.4 Å². The van der Waals surface area contributed by atoms with E-state index in [0.29, 0.717) is 47.9 Å². The number of rotatable bonds is 23. The Morgan fingerprint density at radius 3 is 1.96 bits per heavy atom. The van der Waals surface area contributed by atoms with Gasteiger partial charge in [-0.1, -0.05) is 83.3 Å². The van der Waals surface area contributed by atoms with E-state index in [1.54, 1.807) is 60.7 Å². The molecule has 3 aromatic carbocycles. The van der Waals surface area contributed by atoms with Gasteiger partial charge in [0, 0.05) is 17.5 Å². The van der Waals surface area contributed by atoms with E-state index in [2.05, 4.69) is 6.92 Å². The zero-order valence-corrected chi connectivity index (χ0v) is 28.8. The maximum absolute atomic E-state index is 12.4. The first-order valence-electron chi connectivity index (χ1n) is 17.6. The van der Waals surface area contributed by atoms with Gasteiger partial charge in [0.1, 0.15) is 11.5 Å². The Balaban J connectivity index is 1.22. The highest BCUT2D eigenvalue weighted by atomic mass is 16.5. The number of nitrogen functional groups attached to an aromatic ring is 2. The van der Waals surface area contributed by atoms with Crippen molar-refractivity contribution < 1.29 is 33.7 Å². The van der Waals surface area contributed by atoms with Crippen molar-refractivity contribution in [2.24, 2.45) is 0 Å². The number of hydrogen-bond acceptors (Lipinski definition) is 8. The molecule has 0 atom stereocenters. The third-order valence-electron chi connectivity index (χ3n) is 8.21. The number of ether oxygens (including phenoxy) is 3. The summed E-state index contributed by atoms with van der Waals surface area (Å²) in [7, 11) is 0. The van der Waals surface area contributed by atoms with Crippen LogP contribution in [0.3, 0.4) is 0 Å². The molecule has 0 aliphatic carbocycles. The number of carboxylic acids is 1. The SMILES string of the molecule is CCCCCCOc1ccc(OC(=O)/C=C/c2ccc(C(=O)OCCCCCCCCCCCc3c(N)cc(N)cc3C(=O)O)cc2)cc1. The molecule has 0 saturated heterocycles. The van der Waals surface area contributed by atoms with Gasteiger partial charge in [-0.25, -0.2) is 14.4 Å².